The quantitative estimate of drug-likeness (QED) is 0.00902. The number of amides is 2. The molecule has 20 nitrogen and oxygen atoms in total. The lowest BCUT2D eigenvalue weighted by Crippen LogP contribution is -2.48. The minimum Gasteiger partial charge on any atom is -0.464 e. The third-order valence-electron chi connectivity index (χ3n) is 10.4. The Labute approximate surface area is 335 Å². The largest absolute Gasteiger partial charge is 0.464 e. The highest BCUT2D eigenvalue weighted by Gasteiger charge is 2.49. The van der Waals surface area contributed by atoms with Crippen LogP contribution in [0.3, 0.4) is 0 Å². The van der Waals surface area contributed by atoms with Crippen LogP contribution in [0.2, 0.25) is 0 Å². The van der Waals surface area contributed by atoms with Crippen LogP contribution in [0.4, 0.5) is 0 Å². The summed E-state index contributed by atoms with van der Waals surface area (Å²) in [6, 6.07) is -0.811. The second kappa shape index (κ2) is 21.9. The van der Waals surface area contributed by atoms with E-state index in [-0.39, 0.29) is 103 Å². The zero-order valence-corrected chi connectivity index (χ0v) is 34.5. The lowest BCUT2D eigenvalue weighted by atomic mass is 9.87. The van der Waals surface area contributed by atoms with Crippen LogP contribution in [-0.2, 0) is 52.4 Å². The fourth-order valence-electron chi connectivity index (χ4n) is 5.65. The lowest BCUT2D eigenvalue weighted by Gasteiger charge is -2.35. The van der Waals surface area contributed by atoms with E-state index in [2.05, 4.69) is 31.9 Å². The van der Waals surface area contributed by atoms with Gasteiger partial charge in [-0.3, -0.25) is 29.4 Å². The van der Waals surface area contributed by atoms with Crippen molar-refractivity contribution in [2.45, 2.75) is 78.6 Å². The minimum atomic E-state index is -1.33. The van der Waals surface area contributed by atoms with E-state index >= 15 is 0 Å². The molecule has 0 saturated carbocycles. The Bertz CT molecular complexity index is 1270. The summed E-state index contributed by atoms with van der Waals surface area (Å²) < 4.78 is 34.3. The fourth-order valence-corrected chi connectivity index (χ4v) is 5.65. The summed E-state index contributed by atoms with van der Waals surface area (Å²) in [6.07, 6.45) is 1.04. The van der Waals surface area contributed by atoms with E-state index in [1.165, 1.54) is 0 Å². The highest BCUT2D eigenvalue weighted by atomic mass is 16.6. The highest BCUT2D eigenvalue weighted by molar-refractivity contribution is 5.81. The van der Waals surface area contributed by atoms with Crippen molar-refractivity contribution in [1.82, 2.24) is 31.9 Å². The van der Waals surface area contributed by atoms with E-state index in [1.807, 2.05) is 0 Å². The summed E-state index contributed by atoms with van der Waals surface area (Å²) in [7, 11) is 0. The first-order valence-corrected chi connectivity index (χ1v) is 19.6. The van der Waals surface area contributed by atoms with Gasteiger partial charge in [-0.05, 0) is 54.4 Å². The third-order valence-corrected chi connectivity index (χ3v) is 10.4. The summed E-state index contributed by atoms with van der Waals surface area (Å²) in [5, 5.41) is 24.6. The van der Waals surface area contributed by atoms with Crippen molar-refractivity contribution in [3.05, 3.63) is 0 Å². The van der Waals surface area contributed by atoms with E-state index in [0.29, 0.717) is 39.0 Å². The molecule has 0 aromatic heterocycles. The molecule has 3 heterocycles. The summed E-state index contributed by atoms with van der Waals surface area (Å²) in [5.41, 5.74) is 7.25. The summed E-state index contributed by atoms with van der Waals surface area (Å²) in [4.78, 5) is 64.6. The zero-order valence-electron chi connectivity index (χ0n) is 34.5. The minimum absolute atomic E-state index is 0.0470. The van der Waals surface area contributed by atoms with Crippen LogP contribution in [0.5, 0.6) is 0 Å². The Morgan fingerprint density at radius 2 is 1.07 bits per heavy atom. The molecule has 0 radical (unpaired) electrons. The van der Waals surface area contributed by atoms with Crippen molar-refractivity contribution >= 4 is 35.7 Å². The molecular formula is C37H67N9O11. The number of nitrogens with two attached hydrogens (primary N) is 2. The number of rotatable bonds is 30. The second-order valence-electron chi connectivity index (χ2n) is 16.7. The third kappa shape index (κ3) is 16.3. The van der Waals surface area contributed by atoms with Crippen molar-refractivity contribution in [2.75, 3.05) is 98.7 Å². The average molecular weight is 814 g/mol. The molecule has 0 aliphatic carbocycles. The van der Waals surface area contributed by atoms with E-state index in [0.717, 1.165) is 0 Å². The molecule has 3 rings (SSSR count). The van der Waals surface area contributed by atoms with Crippen molar-refractivity contribution < 1.29 is 52.4 Å². The molecule has 4 unspecified atom stereocenters. The molecule has 3 aliphatic heterocycles. The first-order valence-electron chi connectivity index (χ1n) is 19.6. The molecule has 20 heteroatoms. The van der Waals surface area contributed by atoms with Crippen LogP contribution in [0.1, 0.15) is 54.4 Å². The molecule has 11 N–H and O–H groups in total. The number of hydrogen-bond acceptors (Lipinski definition) is 16. The number of esters is 3. The zero-order chi connectivity index (χ0) is 42.3. The number of nitrogens with one attached hydrogen (secondary N) is 7. The van der Waals surface area contributed by atoms with Crippen LogP contribution in [0, 0.1) is 27.1 Å². The van der Waals surface area contributed by atoms with Gasteiger partial charge in [-0.2, -0.15) is 0 Å². The lowest BCUT2D eigenvalue weighted by molar-refractivity contribution is -0.178. The maximum atomic E-state index is 13.3. The first-order chi connectivity index (χ1) is 26.8. The van der Waals surface area contributed by atoms with Crippen LogP contribution in [-0.4, -0.2) is 159 Å². The topological polar surface area (TPSA) is 319 Å². The number of guanidine groups is 1. The number of carbonyl (C=O) groups excluding carboxylic acids is 5. The van der Waals surface area contributed by atoms with Gasteiger partial charge in [0.15, 0.2) is 5.96 Å². The Hall–Kier alpha value is -3.66. The van der Waals surface area contributed by atoms with E-state index in [4.69, 9.17) is 45.3 Å². The maximum absolute atomic E-state index is 13.3. The molecule has 0 aromatic rings. The van der Waals surface area contributed by atoms with Crippen molar-refractivity contribution in [2.24, 2.45) is 33.1 Å². The average Bonchev–Trinajstić information content (AvgIpc) is 3.99. The maximum Gasteiger partial charge on any atom is 0.313 e. The standard InChI is InChI=1S/C37H67N9O11/c1-34(2,25-16-44-25)30(49)55-21-37(22-56-31(50)35(3,4)26-17-45-26,23-57-32(51)36(5,6)27-18-46-27)20-54-19-28(47)41-10-12-52-14-15-53-13-11-42-29(48)24(38)8-7-9-43-33(39)40/h24-27,44-46H,7-23,38H2,1-6H3,(H,41,47)(H,42,48)(H4,39,40,43). The Kier molecular flexibility index (Phi) is 18.3. The number of hydrogen-bond donors (Lipinski definition) is 9. The smallest absolute Gasteiger partial charge is 0.313 e. The highest BCUT2D eigenvalue weighted by Crippen LogP contribution is 2.33. The molecule has 2 amide bonds. The van der Waals surface area contributed by atoms with E-state index < -0.39 is 51.5 Å². The number of carbonyl (C=O) groups is 5. The molecule has 57 heavy (non-hydrogen) atoms. The van der Waals surface area contributed by atoms with Gasteiger partial charge >= 0.3 is 17.9 Å². The van der Waals surface area contributed by atoms with Gasteiger partial charge in [-0.1, -0.05) is 0 Å². The second-order valence-corrected chi connectivity index (χ2v) is 16.7. The summed E-state index contributed by atoms with van der Waals surface area (Å²) >= 11 is 0. The molecule has 0 bridgehead atoms. The molecule has 3 fully saturated rings. The van der Waals surface area contributed by atoms with Crippen molar-refractivity contribution in [3.8, 4) is 0 Å². The van der Waals surface area contributed by atoms with Crippen LogP contribution >= 0.6 is 0 Å². The van der Waals surface area contributed by atoms with Gasteiger partial charge in [0.2, 0.25) is 11.8 Å². The fraction of sp³-hybridized carbons (Fsp3) is 0.838. The van der Waals surface area contributed by atoms with E-state index in [1.54, 1.807) is 41.5 Å². The Morgan fingerprint density at radius 1 is 0.649 bits per heavy atom. The molecule has 3 aliphatic rings. The Balaban J connectivity index is 1.45. The predicted molar refractivity (Wildman–Crippen MR) is 208 cm³/mol. The first kappa shape index (κ1) is 47.7. The van der Waals surface area contributed by atoms with E-state index in [9.17, 15) is 24.0 Å². The SMILES string of the molecule is CC(C)(C(=O)OCC(COCC(=O)NCCOCCOCCNC(=O)C(N)CCCNC(=N)N)(COC(=O)C(C)(C)C1CN1)COC(=O)C(C)(C)C1CN1)C1CN1. The van der Waals surface area contributed by atoms with Gasteiger partial charge in [0, 0.05) is 57.4 Å². The van der Waals surface area contributed by atoms with Gasteiger partial charge in [-0.15, -0.1) is 0 Å². The number of ether oxygens (including phenoxy) is 6. The summed E-state index contributed by atoms with van der Waals surface area (Å²) in [6.45, 7) is 13.1. The van der Waals surface area contributed by atoms with Crippen molar-refractivity contribution in [3.63, 3.8) is 0 Å². The van der Waals surface area contributed by atoms with Gasteiger partial charge in [0.1, 0.15) is 26.4 Å². The van der Waals surface area contributed by atoms with Crippen LogP contribution in [0.15, 0.2) is 0 Å². The van der Waals surface area contributed by atoms with Gasteiger partial charge < -0.3 is 71.8 Å². The molecule has 3 saturated heterocycles. The molecule has 0 spiro atoms. The van der Waals surface area contributed by atoms with Crippen LogP contribution < -0.4 is 43.4 Å². The Morgan fingerprint density at radius 3 is 1.47 bits per heavy atom. The predicted octanol–water partition coefficient (Wildman–Crippen LogP) is -2.53. The summed E-state index contributed by atoms with van der Waals surface area (Å²) in [5.74, 6) is -2.30. The monoisotopic (exact) mass is 813 g/mol. The van der Waals surface area contributed by atoms with Gasteiger partial charge in [0.25, 0.3) is 0 Å². The van der Waals surface area contributed by atoms with Crippen LogP contribution in [0.25, 0.3) is 0 Å². The van der Waals surface area contributed by atoms with Gasteiger partial charge in [0.05, 0.1) is 60.7 Å². The van der Waals surface area contributed by atoms with Gasteiger partial charge in [-0.25, -0.2) is 0 Å². The molecular weight excluding hydrogens is 746 g/mol. The molecule has 326 valence electrons. The normalized spacial score (nSPS) is 20.3. The molecule has 0 aromatic carbocycles. The molecule has 4 atom stereocenters. The van der Waals surface area contributed by atoms with Crippen molar-refractivity contribution in [1.29, 1.82) is 5.41 Å².